The molecule has 0 aromatic rings. The number of hydrogen-bond acceptors (Lipinski definition) is 2. The summed E-state index contributed by atoms with van der Waals surface area (Å²) in [5.41, 5.74) is -5.34. The number of halogens is 5. The molecule has 12 heavy (non-hydrogen) atoms. The zero-order valence-electron chi connectivity index (χ0n) is 5.10. The third-order valence-electron chi connectivity index (χ3n) is 0.713. The Morgan fingerprint density at radius 3 is 1.92 bits per heavy atom. The van der Waals surface area contributed by atoms with Crippen LogP contribution in [0.25, 0.3) is 0 Å². The van der Waals surface area contributed by atoms with Crippen LogP contribution in [0.1, 0.15) is 0 Å². The van der Waals surface area contributed by atoms with E-state index >= 15 is 0 Å². The maximum absolute atomic E-state index is 11.9. The van der Waals surface area contributed by atoms with Gasteiger partial charge in [-0.25, -0.2) is 0 Å². The molecule has 0 rings (SSSR count). The van der Waals surface area contributed by atoms with E-state index in [1.807, 2.05) is 0 Å². The molecule has 0 saturated heterocycles. The van der Waals surface area contributed by atoms with E-state index in [2.05, 4.69) is 17.0 Å². The Balaban J connectivity index is 4.85. The van der Waals surface area contributed by atoms with Gasteiger partial charge in [-0.2, -0.15) is 13.2 Å². The molecule has 0 spiro atoms. The molecular weight excluding hydrogens is 224 g/mol. The van der Waals surface area contributed by atoms with Gasteiger partial charge in [0.15, 0.2) is 0 Å². The van der Waals surface area contributed by atoms with Gasteiger partial charge in [0.05, 0.1) is 0 Å². The minimum absolute atomic E-state index is 1.19. The molecule has 0 bridgehead atoms. The summed E-state index contributed by atoms with van der Waals surface area (Å²) in [5.74, 6) is 0. The van der Waals surface area contributed by atoms with E-state index in [-0.39, 0.29) is 0 Å². The fourth-order valence-corrected chi connectivity index (χ4v) is 0.847. The van der Waals surface area contributed by atoms with Crippen molar-refractivity contribution in [3.05, 3.63) is 0 Å². The molecule has 0 aromatic heterocycles. The van der Waals surface area contributed by atoms with Crippen molar-refractivity contribution in [1.82, 2.24) is 0 Å². The summed E-state index contributed by atoms with van der Waals surface area (Å²) >= 11 is 3.72. The molecule has 68 valence electrons. The van der Waals surface area contributed by atoms with E-state index < -0.39 is 19.8 Å². The Kier molecular flexibility index (Phi) is 3.38. The van der Waals surface area contributed by atoms with E-state index in [1.54, 1.807) is 0 Å². The Morgan fingerprint density at radius 1 is 1.25 bits per heavy atom. The Hall–Kier alpha value is -0.450. The van der Waals surface area contributed by atoms with E-state index in [9.17, 15) is 26.5 Å². The maximum atomic E-state index is 11.9. The van der Waals surface area contributed by atoms with Crippen LogP contribution in [-0.4, -0.2) is 17.0 Å². The third kappa shape index (κ3) is 2.27. The van der Waals surface area contributed by atoms with Crippen LogP contribution >= 0.6 is 20.2 Å². The van der Waals surface area contributed by atoms with Gasteiger partial charge in [0.2, 0.25) is 0 Å². The summed E-state index contributed by atoms with van der Waals surface area (Å²) < 4.78 is 70.2. The molecule has 0 aliphatic carbocycles. The standard InChI is InChI=1S/C3F5NOPS/c4-2(5,6)3(7,8)11(10)9-1-12/q+1. The highest BCUT2D eigenvalue weighted by atomic mass is 32.1. The molecule has 0 N–H and O–H groups in total. The smallest absolute Gasteiger partial charge is 0.161 e. The predicted octanol–water partition coefficient (Wildman–Crippen LogP) is 2.99. The lowest BCUT2D eigenvalue weighted by Crippen LogP contribution is -2.32. The molecule has 0 radical (unpaired) electrons. The summed E-state index contributed by atoms with van der Waals surface area (Å²) in [5, 5.41) is 1.19. The second kappa shape index (κ2) is 3.51. The zero-order valence-corrected chi connectivity index (χ0v) is 6.81. The van der Waals surface area contributed by atoms with Crippen LogP contribution in [-0.2, 0) is 4.57 Å². The molecule has 0 aliphatic rings. The van der Waals surface area contributed by atoms with Crippen molar-refractivity contribution < 1.29 is 26.5 Å². The van der Waals surface area contributed by atoms with Crippen LogP contribution in [0.3, 0.4) is 0 Å². The SMILES string of the molecule is O=[P+](N=C=S)C(F)(F)C(F)(F)F. The first-order chi connectivity index (χ1) is 5.23. The summed E-state index contributed by atoms with van der Waals surface area (Å²) in [6.07, 6.45) is -5.88. The quantitative estimate of drug-likeness (QED) is 0.312. The highest BCUT2D eigenvalue weighted by molar-refractivity contribution is 7.78. The summed E-state index contributed by atoms with van der Waals surface area (Å²) in [4.78, 5) is 0. The van der Waals surface area contributed by atoms with Gasteiger partial charge in [-0.15, -0.1) is 8.78 Å². The van der Waals surface area contributed by atoms with E-state index in [4.69, 9.17) is 0 Å². The second-order valence-corrected chi connectivity index (χ2v) is 2.99. The minimum atomic E-state index is -5.88. The molecule has 0 aromatic carbocycles. The maximum Gasteiger partial charge on any atom is 0.582 e. The van der Waals surface area contributed by atoms with Gasteiger partial charge in [0, 0.05) is 4.76 Å². The predicted molar refractivity (Wildman–Crippen MR) is 33.6 cm³/mol. The fourth-order valence-electron chi connectivity index (χ4n) is 0.208. The normalized spacial score (nSPS) is 13.6. The van der Waals surface area contributed by atoms with Gasteiger partial charge in [-0.1, -0.05) is 0 Å². The van der Waals surface area contributed by atoms with E-state index in [0.29, 0.717) is 0 Å². The van der Waals surface area contributed by atoms with Crippen LogP contribution in [0, 0.1) is 0 Å². The molecule has 1 atom stereocenters. The van der Waals surface area contributed by atoms with Crippen molar-refractivity contribution >= 4 is 25.3 Å². The lowest BCUT2D eigenvalue weighted by atomic mass is 10.7. The summed E-state index contributed by atoms with van der Waals surface area (Å²) in [7, 11) is -4.11. The van der Waals surface area contributed by atoms with Gasteiger partial charge in [0.25, 0.3) is 0 Å². The molecule has 0 fully saturated rings. The number of rotatable bonds is 2. The molecule has 0 aliphatic heterocycles. The van der Waals surface area contributed by atoms with Gasteiger partial charge in [-0.05, 0) is 16.8 Å². The van der Waals surface area contributed by atoms with Crippen LogP contribution in [0.2, 0.25) is 0 Å². The van der Waals surface area contributed by atoms with Crippen molar-refractivity contribution in [2.75, 3.05) is 0 Å². The number of thiocarbonyl (C=S) groups is 1. The number of alkyl halides is 5. The van der Waals surface area contributed by atoms with Gasteiger partial charge in [-0.3, -0.25) is 0 Å². The van der Waals surface area contributed by atoms with Gasteiger partial charge in [0.1, 0.15) is 5.16 Å². The average molecular weight is 224 g/mol. The highest BCUT2D eigenvalue weighted by Gasteiger charge is 2.74. The number of nitrogens with zero attached hydrogens (tertiary/aromatic N) is 1. The molecule has 9 heteroatoms. The molecule has 0 amide bonds. The first-order valence-electron chi connectivity index (χ1n) is 2.23. The average Bonchev–Trinajstić information content (AvgIpc) is 1.85. The van der Waals surface area contributed by atoms with Gasteiger partial charge >= 0.3 is 19.8 Å². The van der Waals surface area contributed by atoms with Crippen molar-refractivity contribution in [2.24, 2.45) is 4.76 Å². The number of hydrogen-bond donors (Lipinski definition) is 0. The topological polar surface area (TPSA) is 29.4 Å². The molecular formula is C3F5NOPS+. The first-order valence-corrected chi connectivity index (χ1v) is 3.85. The van der Waals surface area contributed by atoms with Crippen LogP contribution in [0.4, 0.5) is 22.0 Å². The summed E-state index contributed by atoms with van der Waals surface area (Å²) in [6, 6.07) is 0. The lowest BCUT2D eigenvalue weighted by Gasteiger charge is -2.05. The molecule has 0 saturated carbocycles. The van der Waals surface area contributed by atoms with Gasteiger partial charge < -0.3 is 0 Å². The zero-order chi connectivity index (χ0) is 9.99. The third-order valence-corrected chi connectivity index (χ3v) is 1.96. The molecule has 2 nitrogen and oxygen atoms in total. The molecule has 0 heterocycles. The van der Waals surface area contributed by atoms with E-state index in [0.717, 1.165) is 0 Å². The highest BCUT2D eigenvalue weighted by Crippen LogP contribution is 2.52. The number of isothiocyanates is 1. The fraction of sp³-hybridized carbons (Fsp3) is 0.667. The largest absolute Gasteiger partial charge is 0.582 e. The van der Waals surface area contributed by atoms with Crippen LogP contribution in [0.15, 0.2) is 4.76 Å². The van der Waals surface area contributed by atoms with E-state index in [1.165, 1.54) is 5.16 Å². The van der Waals surface area contributed by atoms with Crippen molar-refractivity contribution in [1.29, 1.82) is 0 Å². The van der Waals surface area contributed by atoms with Crippen molar-refractivity contribution in [3.8, 4) is 0 Å². The Bertz CT molecular complexity index is 244. The van der Waals surface area contributed by atoms with Crippen molar-refractivity contribution in [3.63, 3.8) is 0 Å². The van der Waals surface area contributed by atoms with Crippen molar-refractivity contribution in [2.45, 2.75) is 11.8 Å². The first kappa shape index (κ1) is 11.6. The molecule has 1 unspecified atom stereocenters. The monoisotopic (exact) mass is 224 g/mol. The Labute approximate surface area is 69.3 Å². The van der Waals surface area contributed by atoms with Crippen LogP contribution in [0.5, 0.6) is 0 Å². The summed E-state index contributed by atoms with van der Waals surface area (Å²) in [6.45, 7) is 0. The lowest BCUT2D eigenvalue weighted by molar-refractivity contribution is -0.241. The second-order valence-electron chi connectivity index (χ2n) is 1.50. The van der Waals surface area contributed by atoms with Crippen LogP contribution < -0.4 is 0 Å². The Morgan fingerprint density at radius 2 is 1.67 bits per heavy atom. The minimum Gasteiger partial charge on any atom is -0.161 e.